The summed E-state index contributed by atoms with van der Waals surface area (Å²) in [5.74, 6) is -2.72. The summed E-state index contributed by atoms with van der Waals surface area (Å²) in [5.41, 5.74) is -2.76. The zero-order valence-electron chi connectivity index (χ0n) is 29.4. The number of carbonyl (C=O) groups is 6. The highest BCUT2D eigenvalue weighted by molar-refractivity contribution is 6.05. The van der Waals surface area contributed by atoms with Gasteiger partial charge >= 0.3 is 36.1 Å². The largest absolute Gasteiger partial charge is 0.467 e. The Hall–Kier alpha value is -4.86. The van der Waals surface area contributed by atoms with Crippen molar-refractivity contribution in [3.63, 3.8) is 0 Å². The zero-order chi connectivity index (χ0) is 37.6. The molecular weight excluding hydrogens is 684 g/mol. The van der Waals surface area contributed by atoms with E-state index in [4.69, 9.17) is 37.6 Å². The predicted octanol–water partition coefficient (Wildman–Crippen LogP) is 3.38. The van der Waals surface area contributed by atoms with Crippen LogP contribution >= 0.6 is 0 Å². The Balaban J connectivity index is 1.04. The summed E-state index contributed by atoms with van der Waals surface area (Å²) in [6, 6.07) is 3.42. The van der Waals surface area contributed by atoms with Crippen molar-refractivity contribution in [2.45, 2.75) is 58.1 Å². The summed E-state index contributed by atoms with van der Waals surface area (Å²) in [6.07, 6.45) is 5.17. The molecule has 2 N–H and O–H groups in total. The molecule has 6 atom stereocenters. The summed E-state index contributed by atoms with van der Waals surface area (Å²) in [4.78, 5) is 74.6. The van der Waals surface area contributed by atoms with E-state index in [-0.39, 0.29) is 89.9 Å². The molecule has 286 valence electrons. The summed E-state index contributed by atoms with van der Waals surface area (Å²) < 4.78 is 42.2. The molecule has 4 rings (SSSR count). The van der Waals surface area contributed by atoms with Crippen LogP contribution in [0.4, 0.5) is 9.59 Å². The predicted molar refractivity (Wildman–Crippen MR) is 179 cm³/mol. The van der Waals surface area contributed by atoms with E-state index < -0.39 is 52.8 Å². The van der Waals surface area contributed by atoms with E-state index in [0.717, 1.165) is 0 Å². The minimum Gasteiger partial charge on any atom is -0.467 e. The average molecular weight is 733 g/mol. The molecule has 16 nitrogen and oxygen atoms in total. The molecule has 3 aliphatic rings. The number of rotatable bonds is 22. The van der Waals surface area contributed by atoms with Gasteiger partial charge in [-0.15, -0.1) is 13.2 Å². The highest BCUT2D eigenvalue weighted by atomic mass is 16.6. The number of alkyl carbamates (subject to hydrolysis) is 2. The Bertz CT molecular complexity index is 1430. The van der Waals surface area contributed by atoms with E-state index in [1.54, 1.807) is 25.1 Å². The van der Waals surface area contributed by atoms with E-state index in [2.05, 4.69) is 23.8 Å². The first-order valence-electron chi connectivity index (χ1n) is 17.5. The first-order chi connectivity index (χ1) is 25.1. The monoisotopic (exact) mass is 732 g/mol. The van der Waals surface area contributed by atoms with Crippen LogP contribution < -0.4 is 10.6 Å². The van der Waals surface area contributed by atoms with Crippen LogP contribution in [0, 0.1) is 28.6 Å². The highest BCUT2D eigenvalue weighted by Gasteiger charge is 2.67. The molecule has 2 heterocycles. The number of amides is 2. The van der Waals surface area contributed by atoms with Gasteiger partial charge in [0.2, 0.25) is 0 Å². The van der Waals surface area contributed by atoms with Crippen LogP contribution in [-0.4, -0.2) is 95.0 Å². The molecule has 16 heteroatoms. The number of nitrogens with one attached hydrogen (secondary N) is 2. The molecule has 2 saturated carbocycles. The quantitative estimate of drug-likeness (QED) is 0.0577. The first kappa shape index (κ1) is 39.9. The standard InChI is InChI=1S/C36H48N2O14/c1-4-25-19-35(25,29(39)45-6-3)30(40)47-13-8-16-51-34(44)38-22-28-18-24(23-52-28)11-17-49-32(42)36(20-26(36)5-2)31(41)48-14-9-15-50-33(43)37-21-27-10-7-12-46-27/h4-5,7,10,12,24-26,28H,1-2,6,8-9,11,13-23H2,3H3,(H,37,43)(H,38,44). The Morgan fingerprint density at radius 2 is 1.33 bits per heavy atom. The van der Waals surface area contributed by atoms with E-state index in [0.29, 0.717) is 31.6 Å². The van der Waals surface area contributed by atoms with Gasteiger partial charge in [-0.2, -0.15) is 0 Å². The van der Waals surface area contributed by atoms with Gasteiger partial charge < -0.3 is 48.2 Å². The molecule has 2 aliphatic carbocycles. The third-order valence-electron chi connectivity index (χ3n) is 9.23. The second-order valence-corrected chi connectivity index (χ2v) is 12.8. The number of hydrogen-bond donors (Lipinski definition) is 2. The molecule has 0 bridgehead atoms. The van der Waals surface area contributed by atoms with Gasteiger partial charge in [-0.25, -0.2) is 9.59 Å². The molecule has 0 radical (unpaired) electrons. The van der Waals surface area contributed by atoms with Crippen molar-refractivity contribution < 1.29 is 66.3 Å². The van der Waals surface area contributed by atoms with Crippen molar-refractivity contribution in [1.82, 2.24) is 10.6 Å². The lowest BCUT2D eigenvalue weighted by Crippen LogP contribution is -2.33. The molecule has 1 aliphatic heterocycles. The van der Waals surface area contributed by atoms with E-state index in [1.165, 1.54) is 12.3 Å². The SMILES string of the molecule is C=CC1CC1(C(=O)OCC)C(=O)OCCCOC(=O)NCC1CC(CCOC(=O)C2(C(=O)OCCCOC(=O)NCc3ccco3)CC2C=C)CO1. The molecule has 2 amide bonds. The van der Waals surface area contributed by atoms with Crippen LogP contribution in [0.1, 0.15) is 51.2 Å². The number of hydrogen-bond acceptors (Lipinski definition) is 14. The van der Waals surface area contributed by atoms with Gasteiger partial charge in [0.25, 0.3) is 0 Å². The van der Waals surface area contributed by atoms with Gasteiger partial charge in [0, 0.05) is 31.2 Å². The molecule has 1 saturated heterocycles. The molecule has 6 unspecified atom stereocenters. The van der Waals surface area contributed by atoms with Crippen molar-refractivity contribution in [2.24, 2.45) is 28.6 Å². The van der Waals surface area contributed by atoms with Gasteiger partial charge in [-0.1, -0.05) is 12.2 Å². The van der Waals surface area contributed by atoms with Crippen molar-refractivity contribution in [3.8, 4) is 0 Å². The fourth-order valence-corrected chi connectivity index (χ4v) is 5.99. The third kappa shape index (κ3) is 10.4. The number of ether oxygens (including phenoxy) is 7. The van der Waals surface area contributed by atoms with Crippen LogP contribution in [0.15, 0.2) is 48.1 Å². The second-order valence-electron chi connectivity index (χ2n) is 12.8. The number of allylic oxidation sites excluding steroid dienone is 2. The number of esters is 4. The molecule has 1 aromatic heterocycles. The highest BCUT2D eigenvalue weighted by Crippen LogP contribution is 2.56. The molecule has 0 aromatic carbocycles. The third-order valence-corrected chi connectivity index (χ3v) is 9.23. The Kier molecular flexibility index (Phi) is 14.7. The second kappa shape index (κ2) is 19.1. The maximum atomic E-state index is 13.0. The van der Waals surface area contributed by atoms with Crippen LogP contribution in [0.5, 0.6) is 0 Å². The summed E-state index contributed by atoms with van der Waals surface area (Å²) >= 11 is 0. The van der Waals surface area contributed by atoms with Gasteiger partial charge in [0.1, 0.15) is 5.76 Å². The van der Waals surface area contributed by atoms with Crippen LogP contribution in [0.2, 0.25) is 0 Å². The smallest absolute Gasteiger partial charge is 0.407 e. The lowest BCUT2D eigenvalue weighted by Gasteiger charge is -2.16. The lowest BCUT2D eigenvalue weighted by atomic mass is 10.0. The number of carbonyl (C=O) groups excluding carboxylic acids is 6. The Morgan fingerprint density at radius 3 is 1.85 bits per heavy atom. The minimum absolute atomic E-state index is 0.00149. The van der Waals surface area contributed by atoms with Crippen molar-refractivity contribution in [1.29, 1.82) is 0 Å². The Morgan fingerprint density at radius 1 is 0.788 bits per heavy atom. The zero-order valence-corrected chi connectivity index (χ0v) is 29.4. The van der Waals surface area contributed by atoms with Crippen LogP contribution in [0.25, 0.3) is 0 Å². The van der Waals surface area contributed by atoms with Crippen molar-refractivity contribution >= 4 is 36.1 Å². The fraction of sp³-hybridized carbons (Fsp3) is 0.611. The number of furan rings is 1. The lowest BCUT2D eigenvalue weighted by molar-refractivity contribution is -0.167. The topological polar surface area (TPSA) is 204 Å². The summed E-state index contributed by atoms with van der Waals surface area (Å²) in [5, 5.41) is 5.18. The molecular formula is C36H48N2O14. The van der Waals surface area contributed by atoms with Gasteiger partial charge in [0.15, 0.2) is 10.8 Å². The van der Waals surface area contributed by atoms with Gasteiger partial charge in [-0.05, 0) is 50.7 Å². The van der Waals surface area contributed by atoms with Crippen LogP contribution in [0.3, 0.4) is 0 Å². The normalized spacial score (nSPS) is 25.5. The fourth-order valence-electron chi connectivity index (χ4n) is 5.99. The summed E-state index contributed by atoms with van der Waals surface area (Å²) in [6.45, 7) is 9.99. The summed E-state index contributed by atoms with van der Waals surface area (Å²) in [7, 11) is 0. The van der Waals surface area contributed by atoms with Gasteiger partial charge in [0.05, 0.1) is 65.2 Å². The average Bonchev–Trinajstić information content (AvgIpc) is 3.93. The molecule has 52 heavy (non-hydrogen) atoms. The Labute approximate surface area is 301 Å². The van der Waals surface area contributed by atoms with Gasteiger partial charge in [-0.3, -0.25) is 19.2 Å². The molecule has 0 spiro atoms. The molecule has 3 fully saturated rings. The minimum atomic E-state index is -1.43. The van der Waals surface area contributed by atoms with E-state index >= 15 is 0 Å². The van der Waals surface area contributed by atoms with Crippen molar-refractivity contribution in [3.05, 3.63) is 49.5 Å². The maximum absolute atomic E-state index is 13.0. The maximum Gasteiger partial charge on any atom is 0.407 e. The van der Waals surface area contributed by atoms with Crippen molar-refractivity contribution in [2.75, 3.05) is 52.8 Å². The van der Waals surface area contributed by atoms with E-state index in [9.17, 15) is 28.8 Å². The molecule has 1 aromatic rings. The first-order valence-corrected chi connectivity index (χ1v) is 17.5. The van der Waals surface area contributed by atoms with Crippen LogP contribution in [-0.2, 0) is 58.9 Å². The van der Waals surface area contributed by atoms with E-state index in [1.807, 2.05) is 0 Å².